The van der Waals surface area contributed by atoms with Gasteiger partial charge < -0.3 is 4.43 Å². The predicted molar refractivity (Wildman–Crippen MR) is 101 cm³/mol. The van der Waals surface area contributed by atoms with Crippen LogP contribution in [0.4, 0.5) is 0 Å². The molecule has 2 atom stereocenters. The molecule has 0 radical (unpaired) electrons. The van der Waals surface area contributed by atoms with Gasteiger partial charge in [-0.15, -0.1) is 0 Å². The third-order valence-corrected chi connectivity index (χ3v) is 9.89. The van der Waals surface area contributed by atoms with Crippen molar-refractivity contribution in [3.05, 3.63) is 46.3 Å². The lowest BCUT2D eigenvalue weighted by Gasteiger charge is -2.38. The Morgan fingerprint density at radius 3 is 2.54 bits per heavy atom. The minimum atomic E-state index is -1.76. The van der Waals surface area contributed by atoms with Crippen molar-refractivity contribution in [3.8, 4) is 0 Å². The van der Waals surface area contributed by atoms with E-state index in [1.54, 1.807) is 0 Å². The van der Waals surface area contributed by atoms with Crippen LogP contribution in [-0.2, 0) is 11.0 Å². The van der Waals surface area contributed by atoms with Crippen LogP contribution in [0.1, 0.15) is 32.8 Å². The van der Waals surface area contributed by atoms with Crippen LogP contribution in [0, 0.1) is 0 Å². The highest BCUT2D eigenvalue weighted by Gasteiger charge is 2.39. The molecule has 0 N–H and O–H groups in total. The van der Waals surface area contributed by atoms with Crippen molar-refractivity contribution in [2.45, 2.75) is 64.0 Å². The number of benzene rings is 1. The van der Waals surface area contributed by atoms with Gasteiger partial charge in [0.1, 0.15) is 0 Å². The fraction of sp³-hybridized carbons (Fsp3) is 0.667. The Bertz CT molecular complexity index is 578. The van der Waals surface area contributed by atoms with E-state index in [1.165, 1.54) is 5.56 Å². The van der Waals surface area contributed by atoms with Gasteiger partial charge in [0.15, 0.2) is 8.32 Å². The molecule has 0 saturated carbocycles. The van der Waals surface area contributed by atoms with Crippen LogP contribution < -0.4 is 0 Å². The molecule has 1 aliphatic rings. The molecule has 1 heterocycles. The molecule has 0 aromatic heterocycles. The van der Waals surface area contributed by atoms with E-state index < -0.39 is 8.32 Å². The Kier molecular flexibility index (Phi) is 6.10. The Balaban J connectivity index is 2.05. The van der Waals surface area contributed by atoms with Crippen molar-refractivity contribution >= 4 is 8.32 Å². The molecule has 1 fully saturated rings. The van der Waals surface area contributed by atoms with E-state index in [9.17, 15) is 0 Å². The molecule has 6 heteroatoms. The molecule has 0 aliphatic carbocycles. The molecule has 1 aromatic carbocycles. The summed E-state index contributed by atoms with van der Waals surface area (Å²) in [5.74, 6) is 0. The van der Waals surface area contributed by atoms with Crippen LogP contribution >= 0.6 is 0 Å². The summed E-state index contributed by atoms with van der Waals surface area (Å²) >= 11 is 0. The molecule has 24 heavy (non-hydrogen) atoms. The number of nitrogens with zero attached hydrogens (tertiary/aromatic N) is 4. The Hall–Kier alpha value is -1.33. The van der Waals surface area contributed by atoms with E-state index >= 15 is 0 Å². The maximum atomic E-state index is 8.77. The average Bonchev–Trinajstić information content (AvgIpc) is 2.87. The summed E-state index contributed by atoms with van der Waals surface area (Å²) < 4.78 is 6.43. The molecule has 1 saturated heterocycles. The maximum absolute atomic E-state index is 8.77. The van der Waals surface area contributed by atoms with Gasteiger partial charge in [-0.2, -0.15) is 0 Å². The number of azide groups is 1. The van der Waals surface area contributed by atoms with E-state index in [0.717, 1.165) is 26.1 Å². The van der Waals surface area contributed by atoms with Crippen LogP contribution in [-0.4, -0.2) is 38.5 Å². The highest BCUT2D eigenvalue weighted by atomic mass is 28.4. The van der Waals surface area contributed by atoms with Gasteiger partial charge in [-0.1, -0.05) is 56.2 Å². The largest absolute Gasteiger partial charge is 0.415 e. The highest BCUT2D eigenvalue weighted by Crippen LogP contribution is 2.37. The zero-order chi connectivity index (χ0) is 17.8. The minimum absolute atomic E-state index is 0.0479. The fourth-order valence-corrected chi connectivity index (χ4v) is 3.86. The fourth-order valence-electron chi connectivity index (χ4n) is 2.82. The van der Waals surface area contributed by atoms with Gasteiger partial charge in [0.2, 0.25) is 0 Å². The van der Waals surface area contributed by atoms with Crippen LogP contribution in [0.25, 0.3) is 10.4 Å². The third-order valence-electron chi connectivity index (χ3n) is 5.39. The van der Waals surface area contributed by atoms with Gasteiger partial charge in [0, 0.05) is 30.6 Å². The summed E-state index contributed by atoms with van der Waals surface area (Å²) in [7, 11) is -1.76. The number of hydrogen-bond acceptors (Lipinski definition) is 3. The number of hydrogen-bond donors (Lipinski definition) is 0. The van der Waals surface area contributed by atoms with Crippen LogP contribution in [0.15, 0.2) is 35.4 Å². The predicted octanol–water partition coefficient (Wildman–Crippen LogP) is 4.96. The van der Waals surface area contributed by atoms with E-state index in [1.807, 2.05) is 6.07 Å². The van der Waals surface area contributed by atoms with Gasteiger partial charge in [0.05, 0.1) is 6.04 Å². The third kappa shape index (κ3) is 4.83. The van der Waals surface area contributed by atoms with Gasteiger partial charge in [-0.3, -0.25) is 4.90 Å². The summed E-state index contributed by atoms with van der Waals surface area (Å²) in [5, 5.41) is 4.16. The van der Waals surface area contributed by atoms with Crippen molar-refractivity contribution in [2.24, 2.45) is 5.11 Å². The molecule has 1 aromatic rings. The second-order valence-corrected chi connectivity index (χ2v) is 13.0. The summed E-state index contributed by atoms with van der Waals surface area (Å²) in [5.41, 5.74) is 10.1. The topological polar surface area (TPSA) is 61.2 Å². The highest BCUT2D eigenvalue weighted by molar-refractivity contribution is 6.74. The number of likely N-dealkylation sites (tertiary alicyclic amines) is 1. The summed E-state index contributed by atoms with van der Waals surface area (Å²) in [6.07, 6.45) is 0.880. The van der Waals surface area contributed by atoms with Crippen molar-refractivity contribution in [1.82, 2.24) is 4.90 Å². The van der Waals surface area contributed by atoms with Crippen LogP contribution in [0.3, 0.4) is 0 Å². The zero-order valence-corrected chi connectivity index (χ0v) is 16.6. The minimum Gasteiger partial charge on any atom is -0.415 e. The lowest BCUT2D eigenvalue weighted by Crippen LogP contribution is -2.44. The Morgan fingerprint density at radius 1 is 1.29 bits per heavy atom. The lowest BCUT2D eigenvalue weighted by atomic mass is 10.2. The van der Waals surface area contributed by atoms with Crippen molar-refractivity contribution < 1.29 is 4.43 Å². The zero-order valence-electron chi connectivity index (χ0n) is 15.6. The van der Waals surface area contributed by atoms with Gasteiger partial charge in [0.25, 0.3) is 0 Å². The van der Waals surface area contributed by atoms with Gasteiger partial charge in [-0.25, -0.2) is 0 Å². The molecule has 0 unspecified atom stereocenters. The quantitative estimate of drug-likeness (QED) is 0.316. The first kappa shape index (κ1) is 19.0. The van der Waals surface area contributed by atoms with E-state index in [0.29, 0.717) is 6.04 Å². The summed E-state index contributed by atoms with van der Waals surface area (Å²) in [4.78, 5) is 5.41. The van der Waals surface area contributed by atoms with E-state index in [4.69, 9.17) is 9.96 Å². The van der Waals surface area contributed by atoms with Crippen molar-refractivity contribution in [2.75, 3.05) is 13.2 Å². The first-order valence-electron chi connectivity index (χ1n) is 8.69. The maximum Gasteiger partial charge on any atom is 0.192 e. The van der Waals surface area contributed by atoms with Crippen LogP contribution in [0.5, 0.6) is 0 Å². The smallest absolute Gasteiger partial charge is 0.192 e. The molecule has 132 valence electrons. The molecular weight excluding hydrogens is 316 g/mol. The molecule has 0 bridgehead atoms. The molecule has 5 nitrogen and oxygen atoms in total. The van der Waals surface area contributed by atoms with E-state index in [-0.39, 0.29) is 11.1 Å². The summed E-state index contributed by atoms with van der Waals surface area (Å²) in [6, 6.07) is 10.8. The lowest BCUT2D eigenvalue weighted by molar-refractivity contribution is 0.157. The summed E-state index contributed by atoms with van der Waals surface area (Å²) in [6.45, 7) is 13.8. The van der Waals surface area contributed by atoms with Crippen molar-refractivity contribution in [1.29, 1.82) is 0 Å². The molecule has 0 amide bonds. The van der Waals surface area contributed by atoms with Gasteiger partial charge >= 0.3 is 0 Å². The second kappa shape index (κ2) is 7.70. The monoisotopic (exact) mass is 346 g/mol. The molecule has 2 rings (SSSR count). The van der Waals surface area contributed by atoms with Gasteiger partial charge in [-0.05, 0) is 35.6 Å². The standard InChI is InChI=1S/C18H30N4OSi/c1-18(2,3)24(4,5)23-14-17-11-16(20-21-19)13-22(17)12-15-9-7-6-8-10-15/h6-10,16-17H,11-14H2,1-5H3/t16-,17-/m0/s1. The first-order valence-corrected chi connectivity index (χ1v) is 11.6. The van der Waals surface area contributed by atoms with E-state index in [2.05, 4.69) is 73.1 Å². The molecule has 1 aliphatic heterocycles. The Labute approximate surface area is 146 Å². The van der Waals surface area contributed by atoms with Crippen LogP contribution in [0.2, 0.25) is 18.1 Å². The SMILES string of the molecule is CC(C)(C)[Si](C)(C)OC[C@@H]1C[C@H](N=[N+]=[N-])CN1Cc1ccccc1. The average molecular weight is 347 g/mol. The Morgan fingerprint density at radius 2 is 1.96 bits per heavy atom. The second-order valence-electron chi connectivity index (χ2n) is 8.23. The van der Waals surface area contributed by atoms with Crippen molar-refractivity contribution in [3.63, 3.8) is 0 Å². The molecule has 0 spiro atoms. The number of rotatable bonds is 6. The molecular formula is C18H30N4OSi. The first-order chi connectivity index (χ1) is 11.2. The normalized spacial score (nSPS) is 22.4.